The van der Waals surface area contributed by atoms with Crippen LogP contribution >= 0.6 is 11.6 Å². The molecule has 0 unspecified atom stereocenters. The van der Waals surface area contributed by atoms with Gasteiger partial charge in [-0.25, -0.2) is 19.2 Å². The number of carbonyl (C=O) groups is 2. The number of nitrogens with zero attached hydrogens (tertiary/aromatic N) is 4. The fourth-order valence-electron chi connectivity index (χ4n) is 3.49. The molecular formula is C24H29ClFN5O3. The fourth-order valence-corrected chi connectivity index (χ4v) is 3.69. The van der Waals surface area contributed by atoms with E-state index in [9.17, 15) is 14.0 Å². The number of benzene rings is 1. The van der Waals surface area contributed by atoms with Gasteiger partial charge in [0.05, 0.1) is 18.1 Å². The topological polar surface area (TPSA) is 89.3 Å². The van der Waals surface area contributed by atoms with Gasteiger partial charge in [-0.15, -0.1) is 0 Å². The van der Waals surface area contributed by atoms with E-state index in [1.54, 1.807) is 29.3 Å². The Morgan fingerprint density at radius 3 is 2.65 bits per heavy atom. The molecule has 0 bridgehead atoms. The highest BCUT2D eigenvalue weighted by Gasteiger charge is 2.23. The third-order valence-electron chi connectivity index (χ3n) is 5.01. The molecule has 2 amide bonds. The van der Waals surface area contributed by atoms with Gasteiger partial charge in [-0.2, -0.15) is 0 Å². The number of imidazole rings is 1. The molecule has 1 aromatic carbocycles. The van der Waals surface area contributed by atoms with Crippen molar-refractivity contribution in [1.29, 1.82) is 0 Å². The van der Waals surface area contributed by atoms with Crippen LogP contribution in [0.5, 0.6) is 0 Å². The van der Waals surface area contributed by atoms with Crippen LogP contribution in [-0.4, -0.2) is 50.6 Å². The highest BCUT2D eigenvalue weighted by atomic mass is 35.5. The summed E-state index contributed by atoms with van der Waals surface area (Å²) in [6.07, 6.45) is 4.35. The number of aromatic nitrogens is 3. The van der Waals surface area contributed by atoms with Gasteiger partial charge >= 0.3 is 6.09 Å². The number of fused-ring (bicyclic) bond motifs is 1. The van der Waals surface area contributed by atoms with Gasteiger partial charge in [0.15, 0.2) is 5.65 Å². The van der Waals surface area contributed by atoms with E-state index in [0.29, 0.717) is 24.4 Å². The van der Waals surface area contributed by atoms with Crippen LogP contribution in [0, 0.1) is 5.82 Å². The molecule has 1 saturated heterocycles. The first-order valence-electron chi connectivity index (χ1n) is 11.1. The third-order valence-corrected chi connectivity index (χ3v) is 5.30. The van der Waals surface area contributed by atoms with Crippen molar-refractivity contribution in [2.45, 2.75) is 52.3 Å². The van der Waals surface area contributed by atoms with Crippen LogP contribution < -0.4 is 5.32 Å². The van der Waals surface area contributed by atoms with Gasteiger partial charge in [0.2, 0.25) is 6.41 Å². The van der Waals surface area contributed by atoms with Gasteiger partial charge in [0.25, 0.3) is 0 Å². The molecule has 0 aliphatic carbocycles. The van der Waals surface area contributed by atoms with Gasteiger partial charge in [-0.1, -0.05) is 17.7 Å². The van der Waals surface area contributed by atoms with Gasteiger partial charge in [0, 0.05) is 19.3 Å². The molecule has 4 rings (SSSR count). The molecular weight excluding hydrogens is 461 g/mol. The van der Waals surface area contributed by atoms with E-state index < -0.39 is 5.82 Å². The average Bonchev–Trinajstić information content (AvgIpc) is 3.43. The Labute approximate surface area is 203 Å². The number of hydrogen-bond donors (Lipinski definition) is 1. The normalized spacial score (nSPS) is 13.4. The summed E-state index contributed by atoms with van der Waals surface area (Å²) >= 11 is 5.82. The molecule has 0 spiro atoms. The van der Waals surface area contributed by atoms with Crippen molar-refractivity contribution in [1.82, 2.24) is 24.8 Å². The Morgan fingerprint density at radius 2 is 2.00 bits per heavy atom. The number of amides is 2. The first kappa shape index (κ1) is 25.4. The minimum absolute atomic E-state index is 0.0717. The van der Waals surface area contributed by atoms with Gasteiger partial charge in [-0.05, 0) is 63.4 Å². The molecule has 1 aliphatic rings. The lowest BCUT2D eigenvalue weighted by molar-refractivity contribution is -0.109. The molecule has 3 heterocycles. The number of nitrogens with one attached hydrogen (secondary N) is 1. The van der Waals surface area contributed by atoms with Crippen LogP contribution in [0.2, 0.25) is 5.02 Å². The highest BCUT2D eigenvalue weighted by Crippen LogP contribution is 2.20. The minimum Gasteiger partial charge on any atom is -0.444 e. The van der Waals surface area contributed by atoms with Crippen molar-refractivity contribution in [3.8, 4) is 0 Å². The van der Waals surface area contributed by atoms with E-state index in [2.05, 4.69) is 15.3 Å². The molecule has 2 aromatic heterocycles. The Bertz CT molecular complexity index is 1140. The Hall–Kier alpha value is -3.20. The Morgan fingerprint density at radius 1 is 1.26 bits per heavy atom. The first-order chi connectivity index (χ1) is 16.2. The quantitative estimate of drug-likeness (QED) is 0.531. The van der Waals surface area contributed by atoms with E-state index in [4.69, 9.17) is 16.3 Å². The number of pyridine rings is 1. The maximum absolute atomic E-state index is 13.3. The van der Waals surface area contributed by atoms with E-state index in [1.165, 1.54) is 6.07 Å². The minimum atomic E-state index is -0.457. The molecule has 3 aromatic rings. The zero-order chi connectivity index (χ0) is 24.7. The Kier molecular flexibility index (Phi) is 8.44. The predicted octanol–water partition coefficient (Wildman–Crippen LogP) is 4.54. The lowest BCUT2D eigenvalue weighted by atomic mass is 10.2. The second-order valence-electron chi connectivity index (χ2n) is 8.88. The molecule has 8 nitrogen and oxygen atoms in total. The SMILES string of the molecule is CC(C)(C)OC(=O)N1CCCC1.O=CNCc1nc2cccnc2n1Cc1ccc(F)c(Cl)c1. The second kappa shape index (κ2) is 11.3. The molecule has 34 heavy (non-hydrogen) atoms. The van der Waals surface area contributed by atoms with Crippen LogP contribution in [0.15, 0.2) is 36.5 Å². The summed E-state index contributed by atoms with van der Waals surface area (Å²) in [5, 5.41) is 2.67. The maximum Gasteiger partial charge on any atom is 0.410 e. The third kappa shape index (κ3) is 6.90. The molecule has 1 aliphatic heterocycles. The van der Waals surface area contributed by atoms with Crippen molar-refractivity contribution in [2.75, 3.05) is 13.1 Å². The molecule has 1 fully saturated rings. The van der Waals surface area contributed by atoms with Crippen LogP contribution in [0.25, 0.3) is 11.2 Å². The summed E-state index contributed by atoms with van der Waals surface area (Å²) in [6, 6.07) is 8.20. The first-order valence-corrected chi connectivity index (χ1v) is 11.4. The fraction of sp³-hybridized carbons (Fsp3) is 0.417. The molecule has 0 saturated carbocycles. The van der Waals surface area contributed by atoms with Crippen molar-refractivity contribution in [3.05, 3.63) is 58.8 Å². The predicted molar refractivity (Wildman–Crippen MR) is 128 cm³/mol. The monoisotopic (exact) mass is 489 g/mol. The summed E-state index contributed by atoms with van der Waals surface area (Å²) in [7, 11) is 0. The van der Waals surface area contributed by atoms with Crippen LogP contribution in [0.4, 0.5) is 9.18 Å². The number of likely N-dealkylation sites (tertiary alicyclic amines) is 1. The van der Waals surface area contributed by atoms with E-state index in [1.807, 2.05) is 31.4 Å². The average molecular weight is 490 g/mol. The number of ether oxygens (including phenoxy) is 1. The summed E-state index contributed by atoms with van der Waals surface area (Å²) in [6.45, 7) is 8.10. The number of halogens is 2. The van der Waals surface area contributed by atoms with Gasteiger partial charge in [0.1, 0.15) is 22.8 Å². The molecule has 1 N–H and O–H groups in total. The lowest BCUT2D eigenvalue weighted by Gasteiger charge is -2.23. The molecule has 182 valence electrons. The zero-order valence-electron chi connectivity index (χ0n) is 19.6. The molecule has 0 radical (unpaired) electrons. The van der Waals surface area contributed by atoms with Crippen molar-refractivity contribution in [2.24, 2.45) is 0 Å². The number of hydrogen-bond acceptors (Lipinski definition) is 5. The second-order valence-corrected chi connectivity index (χ2v) is 9.29. The van der Waals surface area contributed by atoms with Crippen LogP contribution in [-0.2, 0) is 22.6 Å². The summed E-state index contributed by atoms with van der Waals surface area (Å²) in [5.41, 5.74) is 1.90. The lowest BCUT2D eigenvalue weighted by Crippen LogP contribution is -2.34. The van der Waals surface area contributed by atoms with Crippen LogP contribution in [0.1, 0.15) is 45.0 Å². The van der Waals surface area contributed by atoms with Gasteiger partial charge in [-0.3, -0.25) is 4.79 Å². The van der Waals surface area contributed by atoms with Crippen molar-refractivity contribution in [3.63, 3.8) is 0 Å². The van der Waals surface area contributed by atoms with Crippen LogP contribution in [0.3, 0.4) is 0 Å². The summed E-state index contributed by atoms with van der Waals surface area (Å²) in [5.74, 6) is 0.211. The Balaban J connectivity index is 0.000000229. The number of carbonyl (C=O) groups excluding carboxylic acids is 2. The zero-order valence-corrected chi connectivity index (χ0v) is 20.3. The summed E-state index contributed by atoms with van der Waals surface area (Å²) in [4.78, 5) is 32.4. The molecule has 0 atom stereocenters. The largest absolute Gasteiger partial charge is 0.444 e. The smallest absolute Gasteiger partial charge is 0.410 e. The summed E-state index contributed by atoms with van der Waals surface area (Å²) < 4.78 is 20.3. The van der Waals surface area contributed by atoms with Crippen molar-refractivity contribution >= 4 is 35.3 Å². The molecule has 10 heteroatoms. The maximum atomic E-state index is 13.3. The van der Waals surface area contributed by atoms with E-state index >= 15 is 0 Å². The van der Waals surface area contributed by atoms with Gasteiger partial charge < -0.3 is 19.5 Å². The standard InChI is InChI=1S/C15H12ClFN4O.C9H17NO2/c16-11-6-10(3-4-12(11)17)8-21-14(7-18-9-22)20-13-2-1-5-19-15(13)21;1-9(2,3)12-8(11)10-6-4-5-7-10/h1-6,9H,7-8H2,(H,18,22);4-7H2,1-3H3. The van der Waals surface area contributed by atoms with Crippen molar-refractivity contribution < 1.29 is 18.7 Å². The highest BCUT2D eigenvalue weighted by molar-refractivity contribution is 6.30. The van der Waals surface area contributed by atoms with E-state index in [-0.39, 0.29) is 23.3 Å². The number of rotatable bonds is 5. The van der Waals surface area contributed by atoms with E-state index in [0.717, 1.165) is 37.0 Å².